The highest BCUT2D eigenvalue weighted by molar-refractivity contribution is 7.49. The van der Waals surface area contributed by atoms with Gasteiger partial charge in [0.05, 0.1) is 44.5 Å². The summed E-state index contributed by atoms with van der Waals surface area (Å²) >= 11 is 0. The van der Waals surface area contributed by atoms with Gasteiger partial charge in [-0.2, -0.15) is 5.10 Å². The Bertz CT molecular complexity index is 416. The third-order valence-electron chi connectivity index (χ3n) is 3.91. The van der Waals surface area contributed by atoms with Crippen LogP contribution < -0.4 is 0 Å². The molecule has 7 nitrogen and oxygen atoms in total. The van der Waals surface area contributed by atoms with E-state index in [1.54, 1.807) is 14.0 Å². The first-order valence-electron chi connectivity index (χ1n) is 9.08. The molecule has 25 heavy (non-hydrogen) atoms. The minimum Gasteiger partial charge on any atom is -0.466 e. The smallest absolute Gasteiger partial charge is 0.306 e. The lowest BCUT2D eigenvalue weighted by molar-refractivity contribution is -0.142. The molecule has 2 atom stereocenters. The summed E-state index contributed by atoms with van der Waals surface area (Å²) in [5.41, 5.74) is 0.641. The molecule has 1 unspecified atom stereocenters. The van der Waals surface area contributed by atoms with Crippen LogP contribution in [0.5, 0.6) is 0 Å². The second kappa shape index (κ2) is 12.6. The maximum Gasteiger partial charge on any atom is 0.306 e. The summed E-state index contributed by atoms with van der Waals surface area (Å²) in [7, 11) is 0.470. The molecule has 1 rings (SSSR count). The van der Waals surface area contributed by atoms with Gasteiger partial charge in [-0.05, 0) is 40.5 Å². The van der Waals surface area contributed by atoms with Crippen molar-refractivity contribution in [1.29, 1.82) is 0 Å². The zero-order chi connectivity index (χ0) is 18.7. The van der Waals surface area contributed by atoms with E-state index in [0.29, 0.717) is 26.4 Å². The molecule has 0 radical (unpaired) electrons. The number of nitrogens with zero attached hydrogens (tertiary/aromatic N) is 2. The lowest BCUT2D eigenvalue weighted by Crippen LogP contribution is -2.32. The number of esters is 1. The molecule has 0 aliphatic carbocycles. The minimum absolute atomic E-state index is 0.210. The van der Waals surface area contributed by atoms with Gasteiger partial charge in [-0.25, -0.2) is 0 Å². The van der Waals surface area contributed by atoms with Crippen molar-refractivity contribution >= 4 is 20.1 Å². The molecule has 0 bridgehead atoms. The number of rotatable bonds is 12. The lowest BCUT2D eigenvalue weighted by Gasteiger charge is -2.27. The first kappa shape index (κ1) is 22.3. The van der Waals surface area contributed by atoms with Crippen LogP contribution in [0.4, 0.5) is 0 Å². The van der Waals surface area contributed by atoms with Crippen molar-refractivity contribution in [2.45, 2.75) is 58.7 Å². The summed E-state index contributed by atoms with van der Waals surface area (Å²) in [6, 6.07) is 0.286. The third-order valence-corrected chi connectivity index (χ3v) is 6.00. The Morgan fingerprint density at radius 2 is 1.92 bits per heavy atom. The van der Waals surface area contributed by atoms with Gasteiger partial charge in [0.25, 0.3) is 0 Å². The van der Waals surface area contributed by atoms with Crippen molar-refractivity contribution in [3.05, 3.63) is 0 Å². The van der Waals surface area contributed by atoms with Gasteiger partial charge in [0, 0.05) is 19.4 Å². The number of methoxy groups -OCH3 is 1. The van der Waals surface area contributed by atoms with Crippen molar-refractivity contribution in [1.82, 2.24) is 5.01 Å². The van der Waals surface area contributed by atoms with Crippen LogP contribution in [0.2, 0.25) is 0 Å². The molecule has 0 saturated carbocycles. The fourth-order valence-electron chi connectivity index (χ4n) is 2.81. The highest BCUT2D eigenvalue weighted by Crippen LogP contribution is 2.46. The van der Waals surface area contributed by atoms with E-state index >= 15 is 0 Å². The minimum atomic E-state index is -1.24. The molecule has 1 heterocycles. The summed E-state index contributed by atoms with van der Waals surface area (Å²) in [6.45, 7) is 10.6. The first-order valence-corrected chi connectivity index (χ1v) is 10.3. The van der Waals surface area contributed by atoms with Gasteiger partial charge in [0.15, 0.2) is 8.38 Å². The maximum absolute atomic E-state index is 12.1. The van der Waals surface area contributed by atoms with Crippen LogP contribution in [0.15, 0.2) is 5.10 Å². The average Bonchev–Trinajstić information content (AvgIpc) is 3.00. The molecular weight excluding hydrogens is 343 g/mol. The summed E-state index contributed by atoms with van der Waals surface area (Å²) in [5, 5.41) is 6.87. The van der Waals surface area contributed by atoms with Crippen LogP contribution in [0.1, 0.15) is 47.0 Å². The zero-order valence-electron chi connectivity index (χ0n) is 16.2. The predicted molar refractivity (Wildman–Crippen MR) is 99.9 cm³/mol. The standard InChI is InChI=1S/C17H33N2O5P/c1-6-22-17(20)12-16(25(23-7-2)24-8-3)14(4)18-19-11-9-10-15(19)13-21-5/h15-16H,6-13H2,1-5H3/b18-14+/t15-,16?/m0/s1. The molecule has 146 valence electrons. The van der Waals surface area contributed by atoms with E-state index in [0.717, 1.165) is 25.1 Å². The fourth-order valence-corrected chi connectivity index (χ4v) is 4.41. The Morgan fingerprint density at radius 1 is 1.24 bits per heavy atom. The Balaban J connectivity index is 2.94. The molecular formula is C17H33N2O5P. The normalized spacial score (nSPS) is 19.5. The second-order valence-electron chi connectivity index (χ2n) is 5.80. The highest BCUT2D eigenvalue weighted by atomic mass is 31.2. The average molecular weight is 376 g/mol. The quantitative estimate of drug-likeness (QED) is 0.296. The van der Waals surface area contributed by atoms with Gasteiger partial charge in [-0.1, -0.05) is 0 Å². The van der Waals surface area contributed by atoms with Crippen molar-refractivity contribution in [2.75, 3.05) is 40.1 Å². The fraction of sp³-hybridized carbons (Fsp3) is 0.882. The third kappa shape index (κ3) is 7.57. The zero-order valence-corrected chi connectivity index (χ0v) is 17.1. The maximum atomic E-state index is 12.1. The van der Waals surface area contributed by atoms with E-state index in [2.05, 4.69) is 5.01 Å². The van der Waals surface area contributed by atoms with Gasteiger partial charge in [-0.15, -0.1) is 0 Å². The lowest BCUT2D eigenvalue weighted by atomic mass is 10.2. The summed E-state index contributed by atoms with van der Waals surface area (Å²) < 4.78 is 22.0. The van der Waals surface area contributed by atoms with Gasteiger partial charge in [0.1, 0.15) is 0 Å². The molecule has 1 saturated heterocycles. The van der Waals surface area contributed by atoms with E-state index in [9.17, 15) is 4.79 Å². The van der Waals surface area contributed by atoms with Gasteiger partial charge in [-0.3, -0.25) is 9.80 Å². The molecule has 0 aromatic heterocycles. The topological polar surface area (TPSA) is 69.6 Å². The van der Waals surface area contributed by atoms with Crippen molar-refractivity contribution < 1.29 is 23.3 Å². The van der Waals surface area contributed by atoms with Crippen LogP contribution in [0.25, 0.3) is 0 Å². The molecule has 0 N–H and O–H groups in total. The summed E-state index contributed by atoms with van der Waals surface area (Å²) in [5.74, 6) is -0.246. The molecule has 1 aliphatic heterocycles. The monoisotopic (exact) mass is 376 g/mol. The Kier molecular flexibility index (Phi) is 11.2. The van der Waals surface area contributed by atoms with Crippen molar-refractivity contribution in [3.8, 4) is 0 Å². The number of hydrogen-bond acceptors (Lipinski definition) is 7. The highest BCUT2D eigenvalue weighted by Gasteiger charge is 2.31. The predicted octanol–water partition coefficient (Wildman–Crippen LogP) is 3.18. The molecule has 8 heteroatoms. The van der Waals surface area contributed by atoms with Crippen LogP contribution in [-0.4, -0.2) is 68.5 Å². The number of carbonyl (C=O) groups is 1. The number of carbonyl (C=O) groups excluding carboxylic acids is 1. The second-order valence-corrected chi connectivity index (χ2v) is 7.51. The van der Waals surface area contributed by atoms with E-state index in [-0.39, 0.29) is 24.1 Å². The van der Waals surface area contributed by atoms with Crippen LogP contribution in [-0.2, 0) is 23.3 Å². The first-order chi connectivity index (χ1) is 12.1. The van der Waals surface area contributed by atoms with E-state index in [4.69, 9.17) is 23.6 Å². The Morgan fingerprint density at radius 3 is 2.48 bits per heavy atom. The van der Waals surface area contributed by atoms with Crippen LogP contribution >= 0.6 is 8.38 Å². The number of hydrogen-bond donors (Lipinski definition) is 0. The van der Waals surface area contributed by atoms with Gasteiger partial charge in [0.2, 0.25) is 0 Å². The molecule has 1 fully saturated rings. The van der Waals surface area contributed by atoms with E-state index in [1.165, 1.54) is 0 Å². The Hall–Kier alpha value is -0.750. The van der Waals surface area contributed by atoms with E-state index < -0.39 is 8.38 Å². The van der Waals surface area contributed by atoms with Crippen LogP contribution in [0.3, 0.4) is 0 Å². The molecule has 0 aromatic rings. The molecule has 0 amide bonds. The Labute approximate surface area is 152 Å². The number of hydrazone groups is 1. The molecule has 1 aliphatic rings. The van der Waals surface area contributed by atoms with Crippen molar-refractivity contribution in [3.63, 3.8) is 0 Å². The molecule has 0 spiro atoms. The molecule has 0 aromatic carbocycles. The SMILES string of the molecule is CCOC(=O)CC(/C(C)=N/N1CCC[C@H]1COC)P(OCC)OCC. The van der Waals surface area contributed by atoms with Gasteiger partial charge >= 0.3 is 5.97 Å². The van der Waals surface area contributed by atoms with Crippen LogP contribution in [0, 0.1) is 0 Å². The largest absolute Gasteiger partial charge is 0.466 e. The van der Waals surface area contributed by atoms with Crippen molar-refractivity contribution in [2.24, 2.45) is 5.10 Å². The number of ether oxygens (including phenoxy) is 2. The van der Waals surface area contributed by atoms with E-state index in [1.807, 2.05) is 20.8 Å². The summed E-state index contributed by atoms with van der Waals surface area (Å²) in [4.78, 5) is 12.1. The van der Waals surface area contributed by atoms with Gasteiger partial charge < -0.3 is 18.5 Å². The summed E-state index contributed by atoms with van der Waals surface area (Å²) in [6.07, 6.45) is 2.38.